The first-order chi connectivity index (χ1) is 9.22. The van der Waals surface area contributed by atoms with E-state index >= 15 is 0 Å². The number of hydrogen-bond acceptors (Lipinski definition) is 3. The quantitative estimate of drug-likeness (QED) is 0.914. The Balaban J connectivity index is 2.14. The molecular formula is C15H24ClN3. The summed E-state index contributed by atoms with van der Waals surface area (Å²) in [6.07, 6.45) is 7.05. The van der Waals surface area contributed by atoms with Crippen LogP contribution in [0, 0.1) is 0 Å². The van der Waals surface area contributed by atoms with Crippen LogP contribution in [0.1, 0.15) is 45.1 Å². The maximum absolute atomic E-state index is 6.43. The lowest BCUT2D eigenvalue weighted by Gasteiger charge is -2.29. The van der Waals surface area contributed by atoms with E-state index in [1.54, 1.807) is 0 Å². The summed E-state index contributed by atoms with van der Waals surface area (Å²) in [7, 11) is 0. The van der Waals surface area contributed by atoms with Gasteiger partial charge in [-0.3, -0.25) is 0 Å². The Bertz CT molecular complexity index is 408. The molecule has 1 fully saturated rings. The first-order valence-corrected chi connectivity index (χ1v) is 7.72. The summed E-state index contributed by atoms with van der Waals surface area (Å²) in [6, 6.07) is 2.58. The van der Waals surface area contributed by atoms with E-state index in [0.717, 1.165) is 36.0 Å². The van der Waals surface area contributed by atoms with Crippen molar-refractivity contribution in [2.75, 3.05) is 18.0 Å². The van der Waals surface area contributed by atoms with Gasteiger partial charge < -0.3 is 10.2 Å². The summed E-state index contributed by atoms with van der Waals surface area (Å²) in [5.41, 5.74) is 1.15. The Kier molecular flexibility index (Phi) is 5.46. The molecule has 0 aromatic carbocycles. The Morgan fingerprint density at radius 2 is 2.26 bits per heavy atom. The van der Waals surface area contributed by atoms with Gasteiger partial charge in [-0.2, -0.15) is 0 Å². The Labute approximate surface area is 121 Å². The van der Waals surface area contributed by atoms with Crippen molar-refractivity contribution in [1.29, 1.82) is 0 Å². The average molecular weight is 282 g/mol. The van der Waals surface area contributed by atoms with Crippen molar-refractivity contribution in [3.05, 3.63) is 22.8 Å². The van der Waals surface area contributed by atoms with Crippen molar-refractivity contribution < 1.29 is 0 Å². The van der Waals surface area contributed by atoms with Gasteiger partial charge in [-0.05, 0) is 37.9 Å². The predicted molar refractivity (Wildman–Crippen MR) is 81.9 cm³/mol. The van der Waals surface area contributed by atoms with E-state index in [-0.39, 0.29) is 0 Å². The molecule has 0 spiro atoms. The number of aromatic nitrogens is 1. The highest BCUT2D eigenvalue weighted by atomic mass is 35.5. The number of nitrogens with one attached hydrogen (secondary N) is 1. The van der Waals surface area contributed by atoms with Gasteiger partial charge in [0.05, 0.1) is 5.02 Å². The largest absolute Gasteiger partial charge is 0.353 e. The third-order valence-corrected chi connectivity index (χ3v) is 4.06. The second-order valence-corrected chi connectivity index (χ2v) is 5.73. The Morgan fingerprint density at radius 1 is 1.42 bits per heavy atom. The minimum Gasteiger partial charge on any atom is -0.353 e. The van der Waals surface area contributed by atoms with Crippen molar-refractivity contribution in [2.24, 2.45) is 0 Å². The van der Waals surface area contributed by atoms with Gasteiger partial charge >= 0.3 is 0 Å². The molecule has 1 saturated heterocycles. The minimum absolute atomic E-state index is 0.534. The molecule has 2 rings (SSSR count). The van der Waals surface area contributed by atoms with Crippen LogP contribution in [0.3, 0.4) is 0 Å². The predicted octanol–water partition coefficient (Wildman–Crippen LogP) is 3.61. The first kappa shape index (κ1) is 14.6. The van der Waals surface area contributed by atoms with Crippen molar-refractivity contribution in [3.63, 3.8) is 0 Å². The normalized spacial score (nSPS) is 20.4. The molecule has 106 valence electrons. The molecule has 4 heteroatoms. The van der Waals surface area contributed by atoms with Crippen LogP contribution in [-0.4, -0.2) is 24.1 Å². The Morgan fingerprint density at radius 3 is 3.00 bits per heavy atom. The summed E-state index contributed by atoms with van der Waals surface area (Å²) in [5, 5.41) is 4.08. The lowest BCUT2D eigenvalue weighted by Crippen LogP contribution is -2.33. The lowest BCUT2D eigenvalue weighted by molar-refractivity contribution is 0.611. The molecule has 0 saturated carbocycles. The average Bonchev–Trinajstić information content (AvgIpc) is 2.61. The van der Waals surface area contributed by atoms with Gasteiger partial charge in [0.25, 0.3) is 0 Å². The molecule has 19 heavy (non-hydrogen) atoms. The van der Waals surface area contributed by atoms with Gasteiger partial charge in [-0.15, -0.1) is 0 Å². The van der Waals surface area contributed by atoms with Gasteiger partial charge in [-0.25, -0.2) is 4.98 Å². The van der Waals surface area contributed by atoms with Crippen molar-refractivity contribution in [3.8, 4) is 0 Å². The van der Waals surface area contributed by atoms with Gasteiger partial charge in [-0.1, -0.05) is 31.4 Å². The van der Waals surface area contributed by atoms with E-state index in [1.807, 2.05) is 12.3 Å². The fourth-order valence-electron chi connectivity index (χ4n) is 2.64. The highest BCUT2D eigenvalue weighted by Crippen LogP contribution is 2.29. The zero-order chi connectivity index (χ0) is 13.7. The molecule has 1 aromatic heterocycles. The first-order valence-electron chi connectivity index (χ1n) is 7.34. The van der Waals surface area contributed by atoms with Crippen LogP contribution < -0.4 is 10.2 Å². The smallest absolute Gasteiger partial charge is 0.147 e. The third-order valence-electron chi connectivity index (χ3n) is 3.78. The summed E-state index contributed by atoms with van der Waals surface area (Å²) in [6.45, 7) is 7.24. The number of nitrogens with zero attached hydrogens (tertiary/aromatic N) is 2. The molecule has 1 aliphatic rings. The number of anilines is 1. The number of rotatable bonds is 4. The SMILES string of the molecule is CCNCc1cnc(N2CCCCCC2C)c(Cl)c1. The Hall–Kier alpha value is -0.800. The van der Waals surface area contributed by atoms with Crippen LogP contribution in [0.25, 0.3) is 0 Å². The lowest BCUT2D eigenvalue weighted by atomic mass is 10.1. The molecule has 0 bridgehead atoms. The monoisotopic (exact) mass is 281 g/mol. The van der Waals surface area contributed by atoms with E-state index in [2.05, 4.69) is 29.0 Å². The molecule has 1 atom stereocenters. The van der Waals surface area contributed by atoms with Crippen LogP contribution in [0.15, 0.2) is 12.3 Å². The molecule has 0 radical (unpaired) electrons. The molecule has 2 heterocycles. The van der Waals surface area contributed by atoms with Crippen molar-refractivity contribution in [2.45, 2.75) is 52.1 Å². The van der Waals surface area contributed by atoms with E-state index in [0.29, 0.717) is 6.04 Å². The second-order valence-electron chi connectivity index (χ2n) is 5.32. The molecule has 1 aromatic rings. The van der Waals surface area contributed by atoms with Gasteiger partial charge in [0.2, 0.25) is 0 Å². The molecule has 0 amide bonds. The summed E-state index contributed by atoms with van der Waals surface area (Å²) in [4.78, 5) is 6.97. The van der Waals surface area contributed by atoms with E-state index < -0.39 is 0 Å². The third kappa shape index (κ3) is 3.83. The standard InChI is InChI=1S/C15H24ClN3/c1-3-17-10-13-9-14(16)15(18-11-13)19-8-6-4-5-7-12(19)2/h9,11-12,17H,3-8,10H2,1-2H3. The van der Waals surface area contributed by atoms with Crippen molar-refractivity contribution >= 4 is 17.4 Å². The maximum atomic E-state index is 6.43. The van der Waals surface area contributed by atoms with E-state index in [1.165, 1.54) is 25.7 Å². The molecule has 3 nitrogen and oxygen atoms in total. The fraction of sp³-hybridized carbons (Fsp3) is 0.667. The molecule has 1 N–H and O–H groups in total. The molecule has 0 aliphatic carbocycles. The minimum atomic E-state index is 0.534. The zero-order valence-corrected chi connectivity index (χ0v) is 12.7. The second kappa shape index (κ2) is 7.11. The van der Waals surface area contributed by atoms with Crippen LogP contribution >= 0.6 is 11.6 Å². The summed E-state index contributed by atoms with van der Waals surface area (Å²) >= 11 is 6.43. The number of pyridine rings is 1. The van der Waals surface area contributed by atoms with Crippen LogP contribution in [0.5, 0.6) is 0 Å². The molecule has 1 unspecified atom stereocenters. The highest BCUT2D eigenvalue weighted by molar-refractivity contribution is 6.33. The van der Waals surface area contributed by atoms with Crippen LogP contribution in [0.2, 0.25) is 5.02 Å². The molecular weight excluding hydrogens is 258 g/mol. The van der Waals surface area contributed by atoms with Crippen LogP contribution in [-0.2, 0) is 6.54 Å². The number of halogens is 1. The van der Waals surface area contributed by atoms with E-state index in [4.69, 9.17) is 11.6 Å². The summed E-state index contributed by atoms with van der Waals surface area (Å²) in [5.74, 6) is 0.955. The summed E-state index contributed by atoms with van der Waals surface area (Å²) < 4.78 is 0. The van der Waals surface area contributed by atoms with Gasteiger partial charge in [0, 0.05) is 25.3 Å². The number of hydrogen-bond donors (Lipinski definition) is 1. The van der Waals surface area contributed by atoms with Gasteiger partial charge in [0.1, 0.15) is 5.82 Å². The van der Waals surface area contributed by atoms with Crippen LogP contribution in [0.4, 0.5) is 5.82 Å². The fourth-order valence-corrected chi connectivity index (χ4v) is 2.93. The highest BCUT2D eigenvalue weighted by Gasteiger charge is 2.20. The van der Waals surface area contributed by atoms with Crippen molar-refractivity contribution in [1.82, 2.24) is 10.3 Å². The maximum Gasteiger partial charge on any atom is 0.147 e. The topological polar surface area (TPSA) is 28.2 Å². The zero-order valence-electron chi connectivity index (χ0n) is 12.0. The van der Waals surface area contributed by atoms with Gasteiger partial charge in [0.15, 0.2) is 0 Å². The molecule has 1 aliphatic heterocycles. The van der Waals surface area contributed by atoms with E-state index in [9.17, 15) is 0 Å².